The van der Waals surface area contributed by atoms with Crippen molar-refractivity contribution in [2.24, 2.45) is 0 Å². The van der Waals surface area contributed by atoms with E-state index < -0.39 is 10.0 Å². The number of carbonyl (C=O) groups is 1. The van der Waals surface area contributed by atoms with E-state index >= 15 is 0 Å². The van der Waals surface area contributed by atoms with Gasteiger partial charge in [0.05, 0.1) is 24.7 Å². The number of carbonyl (C=O) groups excluding carboxylic acids is 1. The fraction of sp³-hybridized carbons (Fsp3) is 0.286. The number of ether oxygens (including phenoxy) is 1. The molecule has 0 saturated carbocycles. The molecule has 1 amide bonds. The number of thiophene rings is 1. The summed E-state index contributed by atoms with van der Waals surface area (Å²) in [4.78, 5) is 15.6. The number of hydrogen-bond acceptors (Lipinski definition) is 5. The third-order valence-corrected chi connectivity index (χ3v) is 7.27. The molecule has 1 saturated heterocycles. The summed E-state index contributed by atoms with van der Waals surface area (Å²) in [5.41, 5.74) is 0.758. The van der Waals surface area contributed by atoms with E-state index in [9.17, 15) is 13.2 Å². The van der Waals surface area contributed by atoms with Gasteiger partial charge in [0.2, 0.25) is 15.9 Å². The largest absolute Gasteiger partial charge is 0.379 e. The Balaban J connectivity index is 1.66. The molecule has 0 N–H and O–H groups in total. The van der Waals surface area contributed by atoms with Crippen LogP contribution < -0.4 is 0 Å². The van der Waals surface area contributed by atoms with Gasteiger partial charge in [-0.25, -0.2) is 8.42 Å². The monoisotopic (exact) mass is 432 g/mol. The van der Waals surface area contributed by atoms with Crippen molar-refractivity contribution in [2.45, 2.75) is 11.4 Å². The second-order valence-electron chi connectivity index (χ2n) is 6.51. The fourth-order valence-electron chi connectivity index (χ4n) is 2.94. The quantitative estimate of drug-likeness (QED) is 0.475. The van der Waals surface area contributed by atoms with Crippen molar-refractivity contribution in [3.8, 4) is 0 Å². The highest BCUT2D eigenvalue weighted by atomic mass is 32.2. The molecule has 0 radical (unpaired) electrons. The van der Waals surface area contributed by atoms with E-state index in [1.54, 1.807) is 52.7 Å². The minimum Gasteiger partial charge on any atom is -0.379 e. The molecule has 8 heteroatoms. The second kappa shape index (κ2) is 9.98. The van der Waals surface area contributed by atoms with E-state index in [1.165, 1.54) is 10.4 Å². The number of hydrogen-bond donors (Lipinski definition) is 0. The Kier molecular flexibility index (Phi) is 7.38. The van der Waals surface area contributed by atoms with Crippen molar-refractivity contribution in [1.29, 1.82) is 0 Å². The summed E-state index contributed by atoms with van der Waals surface area (Å²) in [7, 11) is -3.52. The molecule has 2 aromatic rings. The van der Waals surface area contributed by atoms with Gasteiger partial charge in [0.25, 0.3) is 0 Å². The van der Waals surface area contributed by atoms with Crippen molar-refractivity contribution < 1.29 is 17.9 Å². The number of amides is 1. The van der Waals surface area contributed by atoms with E-state index in [1.807, 2.05) is 17.5 Å². The maximum absolute atomic E-state index is 12.7. The number of morpholine rings is 1. The van der Waals surface area contributed by atoms with Gasteiger partial charge in [-0.3, -0.25) is 4.79 Å². The first kappa shape index (κ1) is 21.4. The van der Waals surface area contributed by atoms with Gasteiger partial charge >= 0.3 is 0 Å². The van der Waals surface area contributed by atoms with Crippen LogP contribution in [0.3, 0.4) is 0 Å². The highest BCUT2D eigenvalue weighted by Crippen LogP contribution is 2.18. The van der Waals surface area contributed by atoms with Crippen LogP contribution in [0, 0.1) is 0 Å². The lowest BCUT2D eigenvalue weighted by atomic mass is 10.2. The molecule has 29 heavy (non-hydrogen) atoms. The minimum atomic E-state index is -3.52. The molecule has 1 aromatic heterocycles. The highest BCUT2D eigenvalue weighted by molar-refractivity contribution is 7.89. The summed E-state index contributed by atoms with van der Waals surface area (Å²) < 4.78 is 32.0. The van der Waals surface area contributed by atoms with Crippen LogP contribution in [-0.4, -0.2) is 56.4 Å². The van der Waals surface area contributed by atoms with Gasteiger partial charge < -0.3 is 9.64 Å². The van der Waals surface area contributed by atoms with Crippen LogP contribution in [0.4, 0.5) is 0 Å². The van der Waals surface area contributed by atoms with Crippen LogP contribution in [0.15, 0.2) is 65.4 Å². The van der Waals surface area contributed by atoms with E-state index in [0.29, 0.717) is 39.4 Å². The van der Waals surface area contributed by atoms with Crippen molar-refractivity contribution in [3.05, 3.63) is 70.9 Å². The lowest BCUT2D eigenvalue weighted by molar-refractivity contribution is -0.126. The number of sulfonamides is 1. The van der Waals surface area contributed by atoms with Crippen molar-refractivity contribution in [3.63, 3.8) is 0 Å². The van der Waals surface area contributed by atoms with Gasteiger partial charge in [0, 0.05) is 30.6 Å². The van der Waals surface area contributed by atoms with Gasteiger partial charge in [0.15, 0.2) is 0 Å². The standard InChI is InChI=1S/C21H24N2O4S2/c1-2-11-22(17-19-4-3-16-28-19)21(24)10-7-18-5-8-20(9-6-18)29(25,26)23-12-14-27-15-13-23/h2-10,16H,1,11-15,17H2/b10-7+. The Hall–Kier alpha value is -2.26. The molecule has 1 aliphatic rings. The van der Waals surface area contributed by atoms with E-state index in [2.05, 4.69) is 6.58 Å². The summed E-state index contributed by atoms with van der Waals surface area (Å²) in [6.07, 6.45) is 4.89. The zero-order chi connectivity index (χ0) is 20.7. The van der Waals surface area contributed by atoms with E-state index in [4.69, 9.17) is 4.74 Å². The number of benzene rings is 1. The van der Waals surface area contributed by atoms with E-state index in [0.717, 1.165) is 10.4 Å². The zero-order valence-corrected chi connectivity index (χ0v) is 17.7. The molecule has 0 aliphatic carbocycles. The summed E-state index contributed by atoms with van der Waals surface area (Å²) >= 11 is 1.60. The predicted molar refractivity (Wildman–Crippen MR) is 115 cm³/mol. The lowest BCUT2D eigenvalue weighted by Crippen LogP contribution is -2.40. The molecule has 154 valence electrons. The van der Waals surface area contributed by atoms with Crippen molar-refractivity contribution in [1.82, 2.24) is 9.21 Å². The lowest BCUT2D eigenvalue weighted by Gasteiger charge is -2.26. The molecule has 0 unspecified atom stereocenters. The maximum atomic E-state index is 12.7. The Morgan fingerprint density at radius 3 is 2.55 bits per heavy atom. The molecule has 0 atom stereocenters. The van der Waals surface area contributed by atoms with Gasteiger partial charge in [-0.2, -0.15) is 4.31 Å². The first-order valence-electron chi connectivity index (χ1n) is 9.29. The average molecular weight is 433 g/mol. The second-order valence-corrected chi connectivity index (χ2v) is 9.48. The van der Waals surface area contributed by atoms with Gasteiger partial charge in [-0.15, -0.1) is 17.9 Å². The Morgan fingerprint density at radius 1 is 1.21 bits per heavy atom. The van der Waals surface area contributed by atoms with Crippen LogP contribution in [0.5, 0.6) is 0 Å². The zero-order valence-electron chi connectivity index (χ0n) is 16.1. The van der Waals surface area contributed by atoms with Crippen LogP contribution in [0.2, 0.25) is 0 Å². The Bertz CT molecular complexity index is 945. The van der Waals surface area contributed by atoms with Crippen LogP contribution in [0.1, 0.15) is 10.4 Å². The average Bonchev–Trinajstić information content (AvgIpc) is 3.26. The van der Waals surface area contributed by atoms with Gasteiger partial charge in [-0.1, -0.05) is 24.3 Å². The summed E-state index contributed by atoms with van der Waals surface area (Å²) in [6, 6.07) is 10.5. The first-order chi connectivity index (χ1) is 14.0. The number of nitrogens with zero attached hydrogens (tertiary/aromatic N) is 2. The van der Waals surface area contributed by atoms with Crippen LogP contribution >= 0.6 is 11.3 Å². The third kappa shape index (κ3) is 5.63. The SMILES string of the molecule is C=CCN(Cc1cccs1)C(=O)/C=C/c1ccc(S(=O)(=O)N2CCOCC2)cc1. The van der Waals surface area contributed by atoms with Gasteiger partial charge in [0.1, 0.15) is 0 Å². The molecule has 0 spiro atoms. The number of rotatable bonds is 8. The first-order valence-corrected chi connectivity index (χ1v) is 11.6. The summed E-state index contributed by atoms with van der Waals surface area (Å²) in [5, 5.41) is 1.98. The smallest absolute Gasteiger partial charge is 0.247 e. The molecule has 2 heterocycles. The van der Waals surface area contributed by atoms with Crippen LogP contribution in [0.25, 0.3) is 6.08 Å². The minimum absolute atomic E-state index is 0.122. The molecule has 1 aliphatic heterocycles. The molecule has 6 nitrogen and oxygen atoms in total. The predicted octanol–water partition coefficient (Wildman–Crippen LogP) is 3.00. The molecule has 1 aromatic carbocycles. The van der Waals surface area contributed by atoms with Crippen LogP contribution in [-0.2, 0) is 26.1 Å². The Morgan fingerprint density at radius 2 is 1.93 bits per heavy atom. The molecular formula is C21H24N2O4S2. The molecular weight excluding hydrogens is 408 g/mol. The maximum Gasteiger partial charge on any atom is 0.247 e. The molecule has 3 rings (SSSR count). The van der Waals surface area contributed by atoms with Crippen molar-refractivity contribution >= 4 is 33.3 Å². The van der Waals surface area contributed by atoms with E-state index in [-0.39, 0.29) is 10.8 Å². The summed E-state index contributed by atoms with van der Waals surface area (Å²) in [6.45, 7) is 6.25. The molecule has 1 fully saturated rings. The normalized spacial score (nSPS) is 15.4. The fourth-order valence-corrected chi connectivity index (χ4v) is 5.07. The van der Waals surface area contributed by atoms with Crippen molar-refractivity contribution in [2.75, 3.05) is 32.8 Å². The topological polar surface area (TPSA) is 66.9 Å². The third-order valence-electron chi connectivity index (χ3n) is 4.49. The Labute approximate surface area is 175 Å². The highest BCUT2D eigenvalue weighted by Gasteiger charge is 2.25. The summed E-state index contributed by atoms with van der Waals surface area (Å²) in [5.74, 6) is -0.122. The van der Waals surface area contributed by atoms with Gasteiger partial charge in [-0.05, 0) is 35.2 Å². The molecule has 0 bridgehead atoms.